The van der Waals surface area contributed by atoms with Crippen LogP contribution in [0.15, 0.2) is 18.2 Å². The number of nitro benzene ring substituents is 2. The Balaban J connectivity index is 2.21. The topological polar surface area (TPSA) is 155 Å². The molecule has 0 bridgehead atoms. The summed E-state index contributed by atoms with van der Waals surface area (Å²) in [4.78, 5) is 25.3. The minimum atomic E-state index is -0.723. The van der Waals surface area contributed by atoms with Crippen LogP contribution in [-0.2, 0) is 0 Å². The molecule has 1 N–H and O–H groups in total. The molecule has 0 aliphatic carbocycles. The Labute approximate surface area is 142 Å². The molecule has 132 valence electrons. The van der Waals surface area contributed by atoms with E-state index in [2.05, 4.69) is 15.2 Å². The molecule has 0 fully saturated rings. The Hall–Kier alpha value is -4.03. The molecule has 13 nitrogen and oxygen atoms in total. The minimum Gasteiger partial charge on any atom is -0.493 e. The van der Waals surface area contributed by atoms with Gasteiger partial charge in [-0.25, -0.2) is 0 Å². The van der Waals surface area contributed by atoms with Gasteiger partial charge in [-0.3, -0.25) is 20.2 Å². The van der Waals surface area contributed by atoms with E-state index in [0.717, 1.165) is 6.07 Å². The van der Waals surface area contributed by atoms with Gasteiger partial charge in [0, 0.05) is 4.74 Å². The van der Waals surface area contributed by atoms with E-state index in [4.69, 9.17) is 9.47 Å². The van der Waals surface area contributed by atoms with Crippen LogP contribution in [0.25, 0.3) is 22.2 Å². The van der Waals surface area contributed by atoms with E-state index in [1.54, 1.807) is 6.07 Å². The molecule has 0 unspecified atom stereocenters. The predicted molar refractivity (Wildman–Crippen MR) is 84.4 cm³/mol. The first-order valence-corrected chi connectivity index (χ1v) is 7.13. The van der Waals surface area contributed by atoms with Crippen LogP contribution in [0.1, 0.15) is 0 Å². The number of nitrogens with one attached hydrogen (secondary N) is 1. The first-order chi connectivity index (χ1) is 12.4. The minimum absolute atomic E-state index is 0.0256. The monoisotopic (exact) mass is 360 g/mol. The number of ether oxygens (including phenoxy) is 2. The van der Waals surface area contributed by atoms with Gasteiger partial charge in [0.2, 0.25) is 5.52 Å². The summed E-state index contributed by atoms with van der Waals surface area (Å²) in [7, 11) is 2.88. The Morgan fingerprint density at radius 2 is 1.92 bits per heavy atom. The molecule has 0 spiro atoms. The first kappa shape index (κ1) is 15.5. The Bertz CT molecular complexity index is 1230. The number of nitro groups is 2. The maximum atomic E-state index is 11.3. The fourth-order valence-electron chi connectivity index (χ4n) is 2.73. The van der Waals surface area contributed by atoms with Gasteiger partial charge in [0.1, 0.15) is 0 Å². The molecular formula is C13H10N7O6+. The van der Waals surface area contributed by atoms with E-state index in [-0.39, 0.29) is 22.6 Å². The normalized spacial score (nSPS) is 11.3. The van der Waals surface area contributed by atoms with Crippen LogP contribution in [0.4, 0.5) is 11.4 Å². The molecule has 0 aliphatic heterocycles. The quantitative estimate of drug-likeness (QED) is 0.318. The van der Waals surface area contributed by atoms with Crippen molar-refractivity contribution in [2.24, 2.45) is 0 Å². The maximum absolute atomic E-state index is 11.3. The largest absolute Gasteiger partial charge is 0.493 e. The van der Waals surface area contributed by atoms with E-state index in [1.807, 2.05) is 0 Å². The van der Waals surface area contributed by atoms with E-state index in [1.165, 1.54) is 29.5 Å². The van der Waals surface area contributed by atoms with Crippen molar-refractivity contribution in [2.75, 3.05) is 14.2 Å². The number of aromatic nitrogens is 5. The molecule has 0 aliphatic rings. The van der Waals surface area contributed by atoms with E-state index >= 15 is 0 Å². The molecule has 4 aromatic rings. The van der Waals surface area contributed by atoms with Crippen LogP contribution in [-0.4, -0.2) is 44.0 Å². The van der Waals surface area contributed by atoms with Crippen molar-refractivity contribution >= 4 is 33.6 Å². The van der Waals surface area contributed by atoms with Crippen molar-refractivity contribution in [1.29, 1.82) is 0 Å². The molecule has 0 saturated heterocycles. The molecule has 26 heavy (non-hydrogen) atoms. The number of pyridine rings is 1. The SMILES string of the molecule is COc1cc(OC)c2[nH]n3nc4c([N+](=O)[O-])cc([N+](=O)[O-])cc4[n+]3c2n1. The van der Waals surface area contributed by atoms with Gasteiger partial charge >= 0.3 is 5.69 Å². The Morgan fingerprint density at radius 3 is 2.54 bits per heavy atom. The summed E-state index contributed by atoms with van der Waals surface area (Å²) in [6.07, 6.45) is 0. The zero-order valence-electron chi connectivity index (χ0n) is 13.4. The molecule has 0 atom stereocenters. The lowest BCUT2D eigenvalue weighted by Gasteiger charge is -2.00. The fourth-order valence-corrected chi connectivity index (χ4v) is 2.73. The number of H-pyrrole nitrogens is 1. The Kier molecular flexibility index (Phi) is 3.12. The molecule has 1 aromatic carbocycles. The smallest absolute Gasteiger partial charge is 0.319 e. The van der Waals surface area contributed by atoms with Crippen LogP contribution in [0.3, 0.4) is 0 Å². The predicted octanol–water partition coefficient (Wildman–Crippen LogP) is 0.783. The van der Waals surface area contributed by atoms with Gasteiger partial charge in [0.15, 0.2) is 11.3 Å². The third-order valence-corrected chi connectivity index (χ3v) is 3.86. The average molecular weight is 360 g/mol. The maximum Gasteiger partial charge on any atom is 0.319 e. The van der Waals surface area contributed by atoms with Crippen LogP contribution in [0.2, 0.25) is 0 Å². The summed E-state index contributed by atoms with van der Waals surface area (Å²) >= 11 is 0. The second-order valence-corrected chi connectivity index (χ2v) is 5.23. The summed E-state index contributed by atoms with van der Waals surface area (Å²) in [5.74, 6) is 0.635. The zero-order valence-corrected chi connectivity index (χ0v) is 13.4. The number of rotatable bonds is 4. The molecule has 0 saturated carbocycles. The van der Waals surface area contributed by atoms with Crippen molar-refractivity contribution in [1.82, 2.24) is 19.9 Å². The van der Waals surface area contributed by atoms with Gasteiger partial charge in [-0.05, 0) is 5.10 Å². The number of hydrogen-bond acceptors (Lipinski definition) is 8. The summed E-state index contributed by atoms with van der Waals surface area (Å²) in [5.41, 5.74) is -0.0877. The lowest BCUT2D eigenvalue weighted by molar-refractivity contribution is -0.575. The molecule has 0 radical (unpaired) electrons. The summed E-state index contributed by atoms with van der Waals surface area (Å²) < 4.78 is 13.0. The molecule has 4 rings (SSSR count). The molecule has 13 heteroatoms. The second kappa shape index (κ2) is 5.23. The highest BCUT2D eigenvalue weighted by molar-refractivity contribution is 5.85. The second-order valence-electron chi connectivity index (χ2n) is 5.23. The van der Waals surface area contributed by atoms with Crippen molar-refractivity contribution in [2.45, 2.75) is 0 Å². The number of methoxy groups -OCH3 is 2. The number of benzene rings is 1. The molecule has 0 amide bonds. The highest BCUT2D eigenvalue weighted by atomic mass is 16.6. The van der Waals surface area contributed by atoms with E-state index in [9.17, 15) is 20.2 Å². The third kappa shape index (κ3) is 2.00. The fraction of sp³-hybridized carbons (Fsp3) is 0.154. The average Bonchev–Trinajstić information content (AvgIpc) is 3.15. The zero-order chi connectivity index (χ0) is 18.6. The van der Waals surface area contributed by atoms with Crippen molar-refractivity contribution in [3.63, 3.8) is 0 Å². The van der Waals surface area contributed by atoms with Crippen molar-refractivity contribution in [3.8, 4) is 11.6 Å². The number of non-ortho nitro benzene ring substituents is 2. The van der Waals surface area contributed by atoms with Crippen LogP contribution < -0.4 is 14.0 Å². The van der Waals surface area contributed by atoms with Gasteiger partial charge < -0.3 is 9.47 Å². The summed E-state index contributed by atoms with van der Waals surface area (Å²) in [6, 6.07) is 3.61. The third-order valence-electron chi connectivity index (χ3n) is 3.86. The number of aromatic amines is 1. The van der Waals surface area contributed by atoms with Crippen LogP contribution >= 0.6 is 0 Å². The highest BCUT2D eigenvalue weighted by Gasteiger charge is 2.30. The molecule has 3 aromatic heterocycles. The highest BCUT2D eigenvalue weighted by Crippen LogP contribution is 2.30. The van der Waals surface area contributed by atoms with Crippen molar-refractivity contribution in [3.05, 3.63) is 38.4 Å². The molecular weight excluding hydrogens is 350 g/mol. The van der Waals surface area contributed by atoms with Gasteiger partial charge in [-0.1, -0.05) is 4.98 Å². The van der Waals surface area contributed by atoms with Crippen LogP contribution in [0, 0.1) is 20.2 Å². The van der Waals surface area contributed by atoms with Crippen molar-refractivity contribution < 1.29 is 23.8 Å². The summed E-state index contributed by atoms with van der Waals surface area (Å²) in [6.45, 7) is 0. The number of fused-ring (bicyclic) bond motifs is 5. The van der Waals surface area contributed by atoms with Crippen LogP contribution in [0.5, 0.6) is 11.6 Å². The number of hydrogen-bond donors (Lipinski definition) is 1. The molecule has 3 heterocycles. The van der Waals surface area contributed by atoms with Gasteiger partial charge in [0.25, 0.3) is 22.7 Å². The van der Waals surface area contributed by atoms with Gasteiger partial charge in [-0.2, -0.15) is 5.10 Å². The van der Waals surface area contributed by atoms with Gasteiger partial charge in [0.05, 0.1) is 42.3 Å². The van der Waals surface area contributed by atoms with E-state index in [0.29, 0.717) is 11.3 Å². The Morgan fingerprint density at radius 1 is 1.15 bits per heavy atom. The lowest BCUT2D eigenvalue weighted by atomic mass is 10.2. The lowest BCUT2D eigenvalue weighted by Crippen LogP contribution is -2.27. The van der Waals surface area contributed by atoms with E-state index < -0.39 is 21.2 Å². The number of nitrogens with zero attached hydrogens (tertiary/aromatic N) is 6. The standard InChI is InChI=1S/C13H10N7O6/c1-25-9-5-10(26-2)14-13-12(9)16-20-15-11-7(17(13)20)3-6(18(21)22)4-8(11)19(23)24/h3-5H,1-2H3,(H,15,16)/q+1. The first-order valence-electron chi connectivity index (χ1n) is 7.13. The summed E-state index contributed by atoms with van der Waals surface area (Å²) in [5, 5.41) is 29.5. The van der Waals surface area contributed by atoms with Gasteiger partial charge in [-0.15, -0.1) is 4.52 Å².